The fourth-order valence-electron chi connectivity index (χ4n) is 0.667. The number of carboxylic acids is 1. The molecule has 0 rings (SSSR count). The Hall–Kier alpha value is -1.03. The van der Waals surface area contributed by atoms with Crippen molar-refractivity contribution < 1.29 is 14.7 Å². The predicted octanol–water partition coefficient (Wildman–Crippen LogP) is 0.718. The number of carbonyl (C=O) groups is 2. The minimum absolute atomic E-state index is 0.0382. The lowest BCUT2D eigenvalue weighted by molar-refractivity contribution is -0.141. The lowest BCUT2D eigenvalue weighted by Gasteiger charge is -2.11. The lowest BCUT2D eigenvalue weighted by Crippen LogP contribution is -2.39. The van der Waals surface area contributed by atoms with E-state index in [0.717, 1.165) is 0 Å². The Kier molecular flexibility index (Phi) is 4.36. The summed E-state index contributed by atoms with van der Waals surface area (Å²) in [5.41, 5.74) is 0. The first-order chi connectivity index (χ1) is 5.43. The van der Waals surface area contributed by atoms with Crippen molar-refractivity contribution in [2.24, 2.45) is 0 Å². The van der Waals surface area contributed by atoms with Gasteiger partial charge in [0.1, 0.15) is 6.04 Å². The fraction of sp³-hybridized carbons (Fsp3) is 0.429. The molecule has 0 aromatic carbocycles. The quantitative estimate of drug-likeness (QED) is 0.688. The molecule has 1 unspecified atom stereocenters. The number of hydrogen-bond acceptors (Lipinski definition) is 2. The van der Waals surface area contributed by atoms with E-state index in [9.17, 15) is 9.59 Å². The Morgan fingerprint density at radius 3 is 2.42 bits per heavy atom. The van der Waals surface area contributed by atoms with E-state index in [4.69, 9.17) is 16.7 Å². The third-order valence-corrected chi connectivity index (χ3v) is 1.26. The van der Waals surface area contributed by atoms with Gasteiger partial charge < -0.3 is 10.4 Å². The molecule has 0 bridgehead atoms. The summed E-state index contributed by atoms with van der Waals surface area (Å²) in [5.74, 6) is -1.52. The van der Waals surface area contributed by atoms with Crippen LogP contribution in [-0.2, 0) is 9.59 Å². The lowest BCUT2D eigenvalue weighted by atomic mass is 10.2. The summed E-state index contributed by atoms with van der Waals surface area (Å²) in [4.78, 5) is 20.9. The van der Waals surface area contributed by atoms with Crippen molar-refractivity contribution in [1.82, 2.24) is 5.32 Å². The Labute approximate surface area is 75.2 Å². The second kappa shape index (κ2) is 4.77. The van der Waals surface area contributed by atoms with Gasteiger partial charge in [0.2, 0.25) is 5.91 Å². The van der Waals surface area contributed by atoms with Crippen molar-refractivity contribution >= 4 is 23.5 Å². The Bertz CT molecular complexity index is 199. The molecule has 1 atom stereocenters. The highest BCUT2D eigenvalue weighted by Gasteiger charge is 2.18. The Balaban J connectivity index is 4.14. The molecule has 1 amide bonds. The van der Waals surface area contributed by atoms with E-state index in [2.05, 4.69) is 11.9 Å². The third-order valence-electron chi connectivity index (χ3n) is 1.10. The molecular weight excluding hydrogens is 182 g/mol. The topological polar surface area (TPSA) is 66.4 Å². The molecular formula is C7H10ClNO3. The predicted molar refractivity (Wildman–Crippen MR) is 44.9 cm³/mol. The standard InChI is InChI=1S/C7H10ClNO3/c1-4(8)3-6(7(11)12)9-5(2)10/h6H,1,3H2,2H3,(H,9,10)(H,11,12). The van der Waals surface area contributed by atoms with Crippen LogP contribution in [0.1, 0.15) is 13.3 Å². The van der Waals surface area contributed by atoms with Gasteiger partial charge in [0.15, 0.2) is 0 Å². The first-order valence-electron chi connectivity index (χ1n) is 3.26. The molecule has 2 N–H and O–H groups in total. The van der Waals surface area contributed by atoms with Crippen LogP contribution in [0.5, 0.6) is 0 Å². The van der Waals surface area contributed by atoms with Crippen LogP contribution >= 0.6 is 11.6 Å². The maximum absolute atomic E-state index is 10.5. The number of hydrogen-bond donors (Lipinski definition) is 2. The van der Waals surface area contributed by atoms with Crippen LogP contribution in [-0.4, -0.2) is 23.0 Å². The van der Waals surface area contributed by atoms with Crippen LogP contribution in [0.2, 0.25) is 0 Å². The second-order valence-corrected chi connectivity index (χ2v) is 2.85. The van der Waals surface area contributed by atoms with Crippen molar-refractivity contribution in [2.45, 2.75) is 19.4 Å². The summed E-state index contributed by atoms with van der Waals surface area (Å²) in [6.07, 6.45) is 0.0382. The summed E-state index contributed by atoms with van der Waals surface area (Å²) in [5, 5.41) is 11.0. The Morgan fingerprint density at radius 1 is 1.67 bits per heavy atom. The molecule has 5 heteroatoms. The monoisotopic (exact) mass is 191 g/mol. The number of amides is 1. The SMILES string of the molecule is C=C(Cl)CC(NC(C)=O)C(=O)O. The molecule has 68 valence electrons. The Morgan fingerprint density at radius 2 is 2.17 bits per heavy atom. The van der Waals surface area contributed by atoms with E-state index < -0.39 is 17.9 Å². The van der Waals surface area contributed by atoms with Gasteiger partial charge >= 0.3 is 5.97 Å². The van der Waals surface area contributed by atoms with Crippen LogP contribution in [0.25, 0.3) is 0 Å². The maximum atomic E-state index is 10.5. The van der Waals surface area contributed by atoms with Gasteiger partial charge in [-0.2, -0.15) is 0 Å². The van der Waals surface area contributed by atoms with Gasteiger partial charge in [0, 0.05) is 18.4 Å². The van der Waals surface area contributed by atoms with Gasteiger partial charge in [-0.1, -0.05) is 18.2 Å². The van der Waals surface area contributed by atoms with Crippen molar-refractivity contribution in [1.29, 1.82) is 0 Å². The average Bonchev–Trinajstić information content (AvgIpc) is 1.83. The minimum atomic E-state index is -1.12. The number of carbonyl (C=O) groups excluding carboxylic acids is 1. The first-order valence-corrected chi connectivity index (χ1v) is 3.64. The molecule has 0 aliphatic heterocycles. The van der Waals surface area contributed by atoms with Crippen LogP contribution in [0.15, 0.2) is 11.6 Å². The number of halogens is 1. The average molecular weight is 192 g/mol. The van der Waals surface area contributed by atoms with Crippen molar-refractivity contribution in [3.63, 3.8) is 0 Å². The molecule has 4 nitrogen and oxygen atoms in total. The summed E-state index contributed by atoms with van der Waals surface area (Å²) >= 11 is 5.39. The summed E-state index contributed by atoms with van der Waals surface area (Å²) < 4.78 is 0. The van der Waals surface area contributed by atoms with Crippen molar-refractivity contribution in [2.75, 3.05) is 0 Å². The van der Waals surface area contributed by atoms with E-state index in [1.54, 1.807) is 0 Å². The molecule has 0 saturated carbocycles. The molecule has 0 spiro atoms. The second-order valence-electron chi connectivity index (χ2n) is 2.31. The van der Waals surface area contributed by atoms with E-state index >= 15 is 0 Å². The van der Waals surface area contributed by atoms with E-state index in [1.807, 2.05) is 0 Å². The highest BCUT2D eigenvalue weighted by molar-refractivity contribution is 6.29. The van der Waals surface area contributed by atoms with E-state index in [1.165, 1.54) is 6.92 Å². The number of nitrogens with one attached hydrogen (secondary N) is 1. The van der Waals surface area contributed by atoms with Gasteiger partial charge in [0.05, 0.1) is 0 Å². The smallest absolute Gasteiger partial charge is 0.326 e. The van der Waals surface area contributed by atoms with Crippen LogP contribution in [0, 0.1) is 0 Å². The molecule has 0 aromatic rings. The minimum Gasteiger partial charge on any atom is -0.480 e. The number of aliphatic carboxylic acids is 1. The highest BCUT2D eigenvalue weighted by atomic mass is 35.5. The number of carboxylic acid groups (broad SMARTS) is 1. The normalized spacial score (nSPS) is 11.8. The van der Waals surface area contributed by atoms with Crippen molar-refractivity contribution in [3.8, 4) is 0 Å². The molecule has 0 saturated heterocycles. The van der Waals surface area contributed by atoms with Gasteiger partial charge in [-0.25, -0.2) is 4.79 Å². The summed E-state index contributed by atoms with van der Waals surface area (Å²) in [7, 11) is 0. The summed E-state index contributed by atoms with van der Waals surface area (Å²) in [6, 6.07) is -0.979. The van der Waals surface area contributed by atoms with Gasteiger partial charge in [-0.3, -0.25) is 4.79 Å². The van der Waals surface area contributed by atoms with Gasteiger partial charge in [-0.15, -0.1) is 0 Å². The van der Waals surface area contributed by atoms with Crippen LogP contribution in [0.4, 0.5) is 0 Å². The van der Waals surface area contributed by atoms with E-state index in [0.29, 0.717) is 0 Å². The third kappa shape index (κ3) is 4.73. The molecule has 0 aliphatic rings. The molecule has 0 fully saturated rings. The molecule has 0 aliphatic carbocycles. The molecule has 12 heavy (non-hydrogen) atoms. The van der Waals surface area contributed by atoms with Crippen molar-refractivity contribution in [3.05, 3.63) is 11.6 Å². The fourth-order valence-corrected chi connectivity index (χ4v) is 0.821. The largest absolute Gasteiger partial charge is 0.480 e. The maximum Gasteiger partial charge on any atom is 0.326 e. The molecule has 0 aromatic heterocycles. The zero-order chi connectivity index (χ0) is 9.72. The zero-order valence-electron chi connectivity index (χ0n) is 6.63. The molecule has 0 radical (unpaired) electrons. The van der Waals surface area contributed by atoms with Gasteiger partial charge in [0.25, 0.3) is 0 Å². The zero-order valence-corrected chi connectivity index (χ0v) is 7.39. The molecule has 0 heterocycles. The van der Waals surface area contributed by atoms with Crippen LogP contribution < -0.4 is 5.32 Å². The highest BCUT2D eigenvalue weighted by Crippen LogP contribution is 2.07. The van der Waals surface area contributed by atoms with Gasteiger partial charge in [-0.05, 0) is 0 Å². The van der Waals surface area contributed by atoms with E-state index in [-0.39, 0.29) is 11.5 Å². The summed E-state index contributed by atoms with van der Waals surface area (Å²) in [6.45, 7) is 4.58. The number of rotatable bonds is 4. The first kappa shape index (κ1) is 11.0. The van der Waals surface area contributed by atoms with Crippen LogP contribution in [0.3, 0.4) is 0 Å².